The van der Waals surface area contributed by atoms with Gasteiger partial charge in [0.15, 0.2) is 0 Å². The van der Waals surface area contributed by atoms with Crippen molar-refractivity contribution < 1.29 is 17.9 Å². The molecule has 0 aliphatic carbocycles. The van der Waals surface area contributed by atoms with Gasteiger partial charge >= 0.3 is 16.3 Å². The molecule has 0 aliphatic rings. The lowest BCUT2D eigenvalue weighted by molar-refractivity contribution is 0.0389. The first-order valence-electron chi connectivity index (χ1n) is 5.61. The number of carbonyl (C=O) groups excluding carboxylic acids is 1. The number of amides is 1. The summed E-state index contributed by atoms with van der Waals surface area (Å²) in [6.07, 6.45) is 1.41. The molecule has 0 spiro atoms. The molecule has 7 heteroatoms. The van der Waals surface area contributed by atoms with Crippen molar-refractivity contribution in [2.45, 2.75) is 52.6 Å². The van der Waals surface area contributed by atoms with Crippen LogP contribution >= 0.6 is 0 Å². The molecule has 17 heavy (non-hydrogen) atoms. The van der Waals surface area contributed by atoms with Crippen LogP contribution in [0.25, 0.3) is 0 Å². The molecule has 0 atom stereocenters. The van der Waals surface area contributed by atoms with Crippen LogP contribution in [0.5, 0.6) is 0 Å². The molecule has 0 unspecified atom stereocenters. The van der Waals surface area contributed by atoms with Crippen LogP contribution in [-0.4, -0.2) is 31.0 Å². The Labute approximate surface area is 103 Å². The van der Waals surface area contributed by atoms with Crippen molar-refractivity contribution in [2.75, 3.05) is 6.54 Å². The lowest BCUT2D eigenvalue weighted by Crippen LogP contribution is -2.44. The van der Waals surface area contributed by atoms with Crippen LogP contribution in [0, 0.1) is 0 Å². The van der Waals surface area contributed by atoms with Gasteiger partial charge in [-0.1, -0.05) is 19.8 Å². The second-order valence-electron chi connectivity index (χ2n) is 4.80. The zero-order valence-corrected chi connectivity index (χ0v) is 11.7. The van der Waals surface area contributed by atoms with Crippen LogP contribution in [0.1, 0.15) is 47.0 Å². The zero-order chi connectivity index (χ0) is 13.7. The normalized spacial score (nSPS) is 12.3. The Kier molecular flexibility index (Phi) is 5.91. The van der Waals surface area contributed by atoms with Gasteiger partial charge in [-0.25, -0.2) is 9.93 Å². The van der Waals surface area contributed by atoms with E-state index in [-0.39, 0.29) is 6.54 Å². The van der Waals surface area contributed by atoms with Gasteiger partial charge in [-0.3, -0.25) is 0 Å². The predicted molar refractivity (Wildman–Crippen MR) is 65.6 cm³/mol. The molecule has 0 saturated carbocycles. The Morgan fingerprint density at radius 2 is 1.82 bits per heavy atom. The summed E-state index contributed by atoms with van der Waals surface area (Å²) >= 11 is 0. The maximum Gasteiger partial charge on any atom is 0.425 e. The van der Waals surface area contributed by atoms with Gasteiger partial charge in [0, 0.05) is 6.54 Å². The third-order valence-corrected chi connectivity index (χ3v) is 2.82. The van der Waals surface area contributed by atoms with Gasteiger partial charge in [0.25, 0.3) is 0 Å². The number of nitrogens with zero attached hydrogens (tertiary/aromatic N) is 1. The molecule has 0 aromatic heterocycles. The smallest absolute Gasteiger partial charge is 0.425 e. The highest BCUT2D eigenvalue weighted by molar-refractivity contribution is 7.87. The average molecular weight is 266 g/mol. The lowest BCUT2D eigenvalue weighted by Gasteiger charge is -2.25. The third-order valence-electron chi connectivity index (χ3n) is 1.87. The van der Waals surface area contributed by atoms with Crippen LogP contribution in [0.2, 0.25) is 0 Å². The summed E-state index contributed by atoms with van der Waals surface area (Å²) in [5, 5.41) is 4.98. The van der Waals surface area contributed by atoms with Crippen LogP contribution in [0.4, 0.5) is 4.79 Å². The van der Waals surface area contributed by atoms with Gasteiger partial charge < -0.3 is 4.74 Å². The third kappa shape index (κ3) is 7.17. The minimum Gasteiger partial charge on any atom is -0.443 e. The summed E-state index contributed by atoms with van der Waals surface area (Å²) in [7, 11) is -4.06. The molecular weight excluding hydrogens is 244 g/mol. The predicted octanol–water partition coefficient (Wildman–Crippen LogP) is 1.62. The molecule has 0 aliphatic heterocycles. The van der Waals surface area contributed by atoms with Gasteiger partial charge in [0.1, 0.15) is 5.60 Å². The first kappa shape index (κ1) is 16.2. The van der Waals surface area contributed by atoms with Crippen molar-refractivity contribution in [1.82, 2.24) is 4.31 Å². The van der Waals surface area contributed by atoms with Gasteiger partial charge in [-0.15, -0.1) is 0 Å². The van der Waals surface area contributed by atoms with Crippen molar-refractivity contribution in [1.29, 1.82) is 0 Å². The van der Waals surface area contributed by atoms with E-state index in [9.17, 15) is 13.2 Å². The van der Waals surface area contributed by atoms with Crippen molar-refractivity contribution in [3.63, 3.8) is 0 Å². The summed E-state index contributed by atoms with van der Waals surface area (Å²) in [5.41, 5.74) is -0.745. The summed E-state index contributed by atoms with van der Waals surface area (Å²) in [6, 6.07) is 0. The molecule has 0 fully saturated rings. The zero-order valence-electron chi connectivity index (χ0n) is 10.9. The molecule has 2 N–H and O–H groups in total. The van der Waals surface area contributed by atoms with Crippen LogP contribution < -0.4 is 5.14 Å². The Balaban J connectivity index is 4.65. The van der Waals surface area contributed by atoms with Gasteiger partial charge in [-0.2, -0.15) is 12.7 Å². The molecular formula is C10H22N2O4S. The number of rotatable bonds is 5. The molecule has 1 amide bonds. The van der Waals surface area contributed by atoms with Crippen molar-refractivity contribution in [3.05, 3.63) is 0 Å². The minimum atomic E-state index is -4.06. The first-order chi connectivity index (χ1) is 7.58. The van der Waals surface area contributed by atoms with Crippen molar-refractivity contribution in [2.24, 2.45) is 5.14 Å². The van der Waals surface area contributed by atoms with Crippen LogP contribution in [0.3, 0.4) is 0 Å². The van der Waals surface area contributed by atoms with E-state index in [4.69, 9.17) is 9.88 Å². The van der Waals surface area contributed by atoms with Gasteiger partial charge in [0.2, 0.25) is 0 Å². The standard InChI is InChI=1S/C10H22N2O4S/c1-5-6-7-8-12(17(11,14)15)9(13)16-10(2,3)4/h5-8H2,1-4H3,(H2,11,14,15). The van der Waals surface area contributed by atoms with Crippen molar-refractivity contribution in [3.8, 4) is 0 Å². The quantitative estimate of drug-likeness (QED) is 0.765. The van der Waals surface area contributed by atoms with Gasteiger partial charge in [0.05, 0.1) is 0 Å². The largest absolute Gasteiger partial charge is 0.443 e. The summed E-state index contributed by atoms with van der Waals surface area (Å²) < 4.78 is 28.1. The fraction of sp³-hybridized carbons (Fsp3) is 0.900. The van der Waals surface area contributed by atoms with Crippen LogP contribution in [-0.2, 0) is 14.9 Å². The summed E-state index contributed by atoms with van der Waals surface area (Å²) in [5.74, 6) is 0. The minimum absolute atomic E-state index is 0.0571. The first-order valence-corrected chi connectivity index (χ1v) is 7.11. The SMILES string of the molecule is CCCCCN(C(=O)OC(C)(C)C)S(N)(=O)=O. The highest BCUT2D eigenvalue weighted by Crippen LogP contribution is 2.12. The van der Waals surface area contributed by atoms with Crippen molar-refractivity contribution >= 4 is 16.3 Å². The molecule has 0 heterocycles. The Bertz CT molecular complexity index is 346. The molecule has 0 radical (unpaired) electrons. The molecule has 0 saturated heterocycles. The topological polar surface area (TPSA) is 89.7 Å². The van der Waals surface area contributed by atoms with E-state index in [1.807, 2.05) is 6.92 Å². The number of hydrogen-bond acceptors (Lipinski definition) is 4. The molecule has 6 nitrogen and oxygen atoms in total. The number of hydrogen-bond donors (Lipinski definition) is 1. The fourth-order valence-electron chi connectivity index (χ4n) is 1.14. The van der Waals surface area contributed by atoms with E-state index in [1.165, 1.54) is 0 Å². The van der Waals surface area contributed by atoms with E-state index in [0.29, 0.717) is 10.7 Å². The van der Waals surface area contributed by atoms with E-state index in [1.54, 1.807) is 20.8 Å². The second-order valence-corrected chi connectivity index (χ2v) is 6.28. The molecule has 0 aromatic rings. The maximum atomic E-state index is 11.6. The Morgan fingerprint density at radius 1 is 1.29 bits per heavy atom. The Hall–Kier alpha value is -0.820. The van der Waals surface area contributed by atoms with E-state index >= 15 is 0 Å². The highest BCUT2D eigenvalue weighted by Gasteiger charge is 2.28. The van der Waals surface area contributed by atoms with E-state index < -0.39 is 21.9 Å². The maximum absolute atomic E-state index is 11.6. The molecule has 0 aromatic carbocycles. The van der Waals surface area contributed by atoms with E-state index in [0.717, 1.165) is 12.8 Å². The van der Waals surface area contributed by atoms with Crippen LogP contribution in [0.15, 0.2) is 0 Å². The Morgan fingerprint density at radius 3 is 2.18 bits per heavy atom. The molecule has 0 rings (SSSR count). The lowest BCUT2D eigenvalue weighted by atomic mass is 10.2. The number of ether oxygens (including phenoxy) is 1. The monoisotopic (exact) mass is 266 g/mol. The second kappa shape index (κ2) is 6.20. The summed E-state index contributed by atoms with van der Waals surface area (Å²) in [4.78, 5) is 11.6. The van der Waals surface area contributed by atoms with Gasteiger partial charge in [-0.05, 0) is 27.2 Å². The number of unbranched alkanes of at least 4 members (excludes halogenated alkanes) is 2. The number of carbonyl (C=O) groups is 1. The highest BCUT2D eigenvalue weighted by atomic mass is 32.2. The average Bonchev–Trinajstić information content (AvgIpc) is 2.06. The molecule has 0 bridgehead atoms. The summed E-state index contributed by atoms with van der Waals surface area (Å²) in [6.45, 7) is 7.03. The fourth-order valence-corrected chi connectivity index (χ4v) is 1.77. The molecule has 102 valence electrons. The number of nitrogens with two attached hydrogens (primary N) is 1. The van der Waals surface area contributed by atoms with E-state index in [2.05, 4.69) is 0 Å².